The Labute approximate surface area is 124 Å². The van der Waals surface area contributed by atoms with Crippen LogP contribution in [0.4, 0.5) is 0 Å². The Bertz CT molecular complexity index is 475. The number of carbonyl (C=O) groups is 1. The van der Waals surface area contributed by atoms with E-state index in [2.05, 4.69) is 23.7 Å². The first-order valence-electron chi connectivity index (χ1n) is 7.55. The van der Waals surface area contributed by atoms with Gasteiger partial charge in [0.1, 0.15) is 0 Å². The summed E-state index contributed by atoms with van der Waals surface area (Å²) < 4.78 is 0. The Balaban J connectivity index is 1.62. The van der Waals surface area contributed by atoms with Crippen LogP contribution in [0.25, 0.3) is 0 Å². The molecule has 2 atom stereocenters. The molecule has 0 bridgehead atoms. The first-order chi connectivity index (χ1) is 9.64. The molecule has 0 saturated carbocycles. The molecule has 2 fully saturated rings. The average molecular weight is 293 g/mol. The third-order valence-electron chi connectivity index (χ3n) is 4.89. The van der Waals surface area contributed by atoms with Crippen molar-refractivity contribution in [3.63, 3.8) is 0 Å². The summed E-state index contributed by atoms with van der Waals surface area (Å²) in [6.07, 6.45) is 5.26. The lowest BCUT2D eigenvalue weighted by Gasteiger charge is -2.54. The van der Waals surface area contributed by atoms with Crippen molar-refractivity contribution in [1.29, 1.82) is 0 Å². The molecule has 3 rings (SSSR count). The van der Waals surface area contributed by atoms with E-state index in [1.165, 1.54) is 4.88 Å². The summed E-state index contributed by atoms with van der Waals surface area (Å²) in [4.78, 5) is 22.4. The van der Waals surface area contributed by atoms with Gasteiger partial charge in [-0.25, -0.2) is 0 Å². The van der Waals surface area contributed by atoms with Crippen molar-refractivity contribution in [2.45, 2.75) is 45.7 Å². The first-order valence-corrected chi connectivity index (χ1v) is 8.43. The molecule has 0 aromatic carbocycles. The number of likely N-dealkylation sites (tertiary alicyclic amines) is 2. The van der Waals surface area contributed by atoms with Gasteiger partial charge in [0.05, 0.1) is 17.5 Å². The van der Waals surface area contributed by atoms with Crippen LogP contribution in [0.5, 0.6) is 0 Å². The van der Waals surface area contributed by atoms with Gasteiger partial charge in [-0.1, -0.05) is 6.92 Å². The molecule has 0 aliphatic carbocycles. The molecule has 1 aromatic heterocycles. The van der Waals surface area contributed by atoms with Crippen LogP contribution < -0.4 is 0 Å². The molecule has 2 aliphatic heterocycles. The molecular weight excluding hydrogens is 270 g/mol. The number of piperidine rings is 1. The van der Waals surface area contributed by atoms with Crippen molar-refractivity contribution in [3.8, 4) is 0 Å². The fourth-order valence-corrected chi connectivity index (χ4v) is 4.10. The van der Waals surface area contributed by atoms with Gasteiger partial charge in [0.2, 0.25) is 5.91 Å². The molecule has 5 heteroatoms. The molecule has 0 N–H and O–H groups in total. The van der Waals surface area contributed by atoms with E-state index in [1.54, 1.807) is 11.3 Å². The van der Waals surface area contributed by atoms with Gasteiger partial charge in [-0.2, -0.15) is 0 Å². The maximum absolute atomic E-state index is 12.6. The summed E-state index contributed by atoms with van der Waals surface area (Å²) in [6, 6.07) is 0.593. The average Bonchev–Trinajstić information content (AvgIpc) is 2.99. The standard InChI is InChI=1S/C15H23N3OS/c1-3-12(2)17-6-4-5-15(9-17)10-18(14(15)19)8-13-7-16-11-20-13/h7,11-12H,3-6,8-10H2,1-2H3/t12-,15-/m1/s1. The zero-order valence-corrected chi connectivity index (χ0v) is 13.2. The van der Waals surface area contributed by atoms with Crippen LogP contribution in [-0.4, -0.2) is 46.4 Å². The van der Waals surface area contributed by atoms with Gasteiger partial charge in [0, 0.05) is 30.2 Å². The number of rotatable bonds is 4. The highest BCUT2D eigenvalue weighted by Gasteiger charge is 2.53. The van der Waals surface area contributed by atoms with Crippen molar-refractivity contribution >= 4 is 17.2 Å². The second kappa shape index (κ2) is 5.45. The molecular formula is C15H23N3OS. The summed E-state index contributed by atoms with van der Waals surface area (Å²) >= 11 is 1.63. The van der Waals surface area contributed by atoms with Gasteiger partial charge in [-0.05, 0) is 32.7 Å². The third-order valence-corrected chi connectivity index (χ3v) is 5.65. The number of aromatic nitrogens is 1. The number of amides is 1. The quantitative estimate of drug-likeness (QED) is 0.800. The van der Waals surface area contributed by atoms with Crippen molar-refractivity contribution in [1.82, 2.24) is 14.8 Å². The second-order valence-electron chi connectivity index (χ2n) is 6.24. The molecule has 3 heterocycles. The third kappa shape index (κ3) is 2.37. The van der Waals surface area contributed by atoms with Crippen molar-refractivity contribution in [3.05, 3.63) is 16.6 Å². The molecule has 4 nitrogen and oxygen atoms in total. The van der Waals surface area contributed by atoms with E-state index in [9.17, 15) is 4.79 Å². The molecule has 20 heavy (non-hydrogen) atoms. The summed E-state index contributed by atoms with van der Waals surface area (Å²) in [5.74, 6) is 0.360. The van der Waals surface area contributed by atoms with E-state index in [0.717, 1.165) is 45.4 Å². The van der Waals surface area contributed by atoms with Crippen LogP contribution in [-0.2, 0) is 11.3 Å². The molecule has 0 radical (unpaired) electrons. The second-order valence-corrected chi connectivity index (χ2v) is 7.21. The SMILES string of the molecule is CC[C@@H](C)N1CCC[C@]2(CN(Cc3cncs3)C2=O)C1. The van der Waals surface area contributed by atoms with Crippen LogP contribution in [0, 0.1) is 5.41 Å². The van der Waals surface area contributed by atoms with Gasteiger partial charge in [0.15, 0.2) is 0 Å². The summed E-state index contributed by atoms with van der Waals surface area (Å²) in [7, 11) is 0. The zero-order valence-electron chi connectivity index (χ0n) is 12.3. The lowest BCUT2D eigenvalue weighted by Crippen LogP contribution is -2.67. The predicted molar refractivity (Wildman–Crippen MR) is 80.5 cm³/mol. The Morgan fingerprint density at radius 3 is 3.00 bits per heavy atom. The Morgan fingerprint density at radius 1 is 1.50 bits per heavy atom. The van der Waals surface area contributed by atoms with E-state index >= 15 is 0 Å². The molecule has 2 aliphatic rings. The monoisotopic (exact) mass is 293 g/mol. The van der Waals surface area contributed by atoms with Crippen molar-refractivity contribution < 1.29 is 4.79 Å². The Hall–Kier alpha value is -0.940. The highest BCUT2D eigenvalue weighted by Crippen LogP contribution is 2.41. The van der Waals surface area contributed by atoms with E-state index in [-0.39, 0.29) is 5.41 Å². The Kier molecular flexibility index (Phi) is 3.82. The predicted octanol–water partition coefficient (Wildman–Crippen LogP) is 2.37. The number of thiazole rings is 1. The fourth-order valence-electron chi connectivity index (χ4n) is 3.49. The highest BCUT2D eigenvalue weighted by molar-refractivity contribution is 7.09. The van der Waals surface area contributed by atoms with Gasteiger partial charge >= 0.3 is 0 Å². The maximum atomic E-state index is 12.6. The zero-order chi connectivity index (χ0) is 14.2. The van der Waals surface area contributed by atoms with Crippen LogP contribution in [0.2, 0.25) is 0 Å². The minimum absolute atomic E-state index is 0.0770. The molecule has 1 amide bonds. The summed E-state index contributed by atoms with van der Waals surface area (Å²) in [5, 5.41) is 0. The van der Waals surface area contributed by atoms with E-state index in [1.807, 2.05) is 16.6 Å². The number of hydrogen-bond acceptors (Lipinski definition) is 4. The molecule has 2 saturated heterocycles. The van der Waals surface area contributed by atoms with Crippen LogP contribution >= 0.6 is 11.3 Å². The molecule has 0 unspecified atom stereocenters. The minimum Gasteiger partial charge on any atom is -0.336 e. The number of carbonyl (C=O) groups excluding carboxylic acids is 1. The number of hydrogen-bond donors (Lipinski definition) is 0. The fraction of sp³-hybridized carbons (Fsp3) is 0.733. The van der Waals surface area contributed by atoms with Gasteiger partial charge < -0.3 is 4.90 Å². The normalized spacial score (nSPS) is 28.7. The molecule has 110 valence electrons. The van der Waals surface area contributed by atoms with Crippen molar-refractivity contribution in [2.24, 2.45) is 5.41 Å². The van der Waals surface area contributed by atoms with E-state index in [4.69, 9.17) is 0 Å². The lowest BCUT2D eigenvalue weighted by molar-refractivity contribution is -0.168. The van der Waals surface area contributed by atoms with Crippen LogP contribution in [0.3, 0.4) is 0 Å². The first kappa shape index (κ1) is 14.0. The van der Waals surface area contributed by atoms with Gasteiger partial charge in [0.25, 0.3) is 0 Å². The minimum atomic E-state index is -0.0770. The lowest BCUT2D eigenvalue weighted by atomic mass is 9.72. The van der Waals surface area contributed by atoms with Crippen LogP contribution in [0.15, 0.2) is 11.7 Å². The number of β-lactam (4-membered cyclic amide) rings is 1. The number of nitrogens with zero attached hydrogens (tertiary/aromatic N) is 3. The molecule has 1 aromatic rings. The van der Waals surface area contributed by atoms with Gasteiger partial charge in [-0.3, -0.25) is 14.7 Å². The van der Waals surface area contributed by atoms with Crippen LogP contribution in [0.1, 0.15) is 38.0 Å². The van der Waals surface area contributed by atoms with Gasteiger partial charge in [-0.15, -0.1) is 11.3 Å². The topological polar surface area (TPSA) is 36.4 Å². The maximum Gasteiger partial charge on any atom is 0.232 e. The van der Waals surface area contributed by atoms with Crippen molar-refractivity contribution in [2.75, 3.05) is 19.6 Å². The smallest absolute Gasteiger partial charge is 0.232 e. The van der Waals surface area contributed by atoms with E-state index < -0.39 is 0 Å². The summed E-state index contributed by atoms with van der Waals surface area (Å²) in [6.45, 7) is 8.28. The van der Waals surface area contributed by atoms with E-state index in [0.29, 0.717) is 11.9 Å². The summed E-state index contributed by atoms with van der Waals surface area (Å²) in [5.41, 5.74) is 1.76. The highest BCUT2D eigenvalue weighted by atomic mass is 32.1. The Morgan fingerprint density at radius 2 is 2.35 bits per heavy atom. The largest absolute Gasteiger partial charge is 0.336 e. The molecule has 1 spiro atoms.